The molecule has 20 heavy (non-hydrogen) atoms. The highest BCUT2D eigenvalue weighted by atomic mass is 16.1. The molecule has 1 aliphatic heterocycles. The molecule has 2 unspecified atom stereocenters. The highest BCUT2D eigenvalue weighted by Gasteiger charge is 2.53. The van der Waals surface area contributed by atoms with Crippen molar-refractivity contribution in [1.82, 2.24) is 10.2 Å². The van der Waals surface area contributed by atoms with Gasteiger partial charge in [-0.1, -0.05) is 13.8 Å². The van der Waals surface area contributed by atoms with Crippen LogP contribution in [0.2, 0.25) is 0 Å². The van der Waals surface area contributed by atoms with E-state index in [9.17, 15) is 4.79 Å². The number of hydrogen-bond acceptors (Lipinski definition) is 3. The molecule has 0 aromatic rings. The summed E-state index contributed by atoms with van der Waals surface area (Å²) in [6, 6.07) is 1.15. The van der Waals surface area contributed by atoms with E-state index in [4.69, 9.17) is 5.73 Å². The molecule has 0 aromatic heterocycles. The molecule has 0 radical (unpaired) electrons. The molecule has 1 heterocycles. The Morgan fingerprint density at radius 2 is 2.00 bits per heavy atom. The molecule has 3 aliphatic rings. The monoisotopic (exact) mass is 279 g/mol. The lowest BCUT2D eigenvalue weighted by atomic mass is 9.90. The van der Waals surface area contributed by atoms with Gasteiger partial charge >= 0.3 is 0 Å². The molecule has 1 amide bonds. The van der Waals surface area contributed by atoms with Gasteiger partial charge in [-0.05, 0) is 56.9 Å². The van der Waals surface area contributed by atoms with Crippen LogP contribution in [0.15, 0.2) is 0 Å². The van der Waals surface area contributed by atoms with Crippen LogP contribution in [-0.4, -0.2) is 41.5 Å². The topological polar surface area (TPSA) is 58.4 Å². The van der Waals surface area contributed by atoms with Gasteiger partial charge in [-0.15, -0.1) is 0 Å². The second-order valence-corrected chi connectivity index (χ2v) is 7.45. The Kier molecular flexibility index (Phi) is 3.80. The average Bonchev–Trinajstić information content (AvgIpc) is 3.28. The van der Waals surface area contributed by atoms with Crippen molar-refractivity contribution >= 4 is 5.91 Å². The van der Waals surface area contributed by atoms with E-state index in [1.54, 1.807) is 0 Å². The lowest BCUT2D eigenvalue weighted by molar-refractivity contribution is -0.126. The van der Waals surface area contributed by atoms with Crippen molar-refractivity contribution in [3.63, 3.8) is 0 Å². The van der Waals surface area contributed by atoms with Crippen molar-refractivity contribution < 1.29 is 4.79 Å². The molecule has 3 rings (SSSR count). The molecular weight excluding hydrogens is 250 g/mol. The highest BCUT2D eigenvalue weighted by Crippen LogP contribution is 2.43. The smallest absolute Gasteiger partial charge is 0.239 e. The Bertz CT molecular complexity index is 376. The molecule has 0 bridgehead atoms. The van der Waals surface area contributed by atoms with Crippen LogP contribution in [0.25, 0.3) is 0 Å². The third kappa shape index (κ3) is 2.73. The summed E-state index contributed by atoms with van der Waals surface area (Å²) in [6.45, 7) is 6.53. The molecule has 0 aromatic carbocycles. The minimum absolute atomic E-state index is 0.124. The predicted molar refractivity (Wildman–Crippen MR) is 80.2 cm³/mol. The molecule has 4 nitrogen and oxygen atoms in total. The van der Waals surface area contributed by atoms with Gasteiger partial charge in [0.25, 0.3) is 0 Å². The minimum atomic E-state index is -0.460. The molecule has 3 N–H and O–H groups in total. The van der Waals surface area contributed by atoms with Gasteiger partial charge in [-0.25, -0.2) is 0 Å². The van der Waals surface area contributed by atoms with E-state index in [1.165, 1.54) is 25.7 Å². The van der Waals surface area contributed by atoms with E-state index < -0.39 is 5.54 Å². The molecular formula is C16H29N3O. The first-order valence-electron chi connectivity index (χ1n) is 8.34. The summed E-state index contributed by atoms with van der Waals surface area (Å²) in [6.07, 6.45) is 7.24. The number of likely N-dealkylation sites (tertiary alicyclic amines) is 1. The normalized spacial score (nSPS) is 30.6. The van der Waals surface area contributed by atoms with E-state index in [1.807, 2.05) is 0 Å². The molecule has 1 saturated heterocycles. The zero-order chi connectivity index (χ0) is 14.3. The van der Waals surface area contributed by atoms with Crippen LogP contribution in [0.5, 0.6) is 0 Å². The number of carbonyl (C=O) groups is 1. The fraction of sp³-hybridized carbons (Fsp3) is 0.938. The van der Waals surface area contributed by atoms with Crippen LogP contribution < -0.4 is 11.1 Å². The van der Waals surface area contributed by atoms with Crippen molar-refractivity contribution in [3.05, 3.63) is 0 Å². The van der Waals surface area contributed by atoms with Crippen molar-refractivity contribution in [2.75, 3.05) is 13.1 Å². The van der Waals surface area contributed by atoms with E-state index in [2.05, 4.69) is 24.1 Å². The van der Waals surface area contributed by atoms with Gasteiger partial charge in [0.1, 0.15) is 5.54 Å². The van der Waals surface area contributed by atoms with Gasteiger partial charge in [0.05, 0.1) is 0 Å². The maximum Gasteiger partial charge on any atom is 0.239 e. The number of amides is 1. The molecule has 3 fully saturated rings. The molecule has 2 saturated carbocycles. The molecule has 114 valence electrons. The van der Waals surface area contributed by atoms with Gasteiger partial charge in [0.2, 0.25) is 5.91 Å². The largest absolute Gasteiger partial charge is 0.368 e. The van der Waals surface area contributed by atoms with Gasteiger partial charge in [-0.2, -0.15) is 0 Å². The number of primary amides is 1. The van der Waals surface area contributed by atoms with E-state index in [0.29, 0.717) is 23.9 Å². The van der Waals surface area contributed by atoms with Crippen molar-refractivity contribution in [2.24, 2.45) is 17.6 Å². The first-order chi connectivity index (χ1) is 9.53. The van der Waals surface area contributed by atoms with Crippen molar-refractivity contribution in [3.8, 4) is 0 Å². The number of hydrogen-bond donors (Lipinski definition) is 2. The quantitative estimate of drug-likeness (QED) is 0.742. The summed E-state index contributed by atoms with van der Waals surface area (Å²) in [5.74, 6) is 0.999. The SMILES string of the molecule is CC(C)C1CCCN1CC(NC1CC1)(C(N)=O)C1CC1. The van der Waals surface area contributed by atoms with Crippen molar-refractivity contribution in [1.29, 1.82) is 0 Å². The number of nitrogens with one attached hydrogen (secondary N) is 1. The van der Waals surface area contributed by atoms with Crippen molar-refractivity contribution in [2.45, 2.75) is 70.0 Å². The van der Waals surface area contributed by atoms with Gasteiger partial charge < -0.3 is 5.73 Å². The maximum absolute atomic E-state index is 12.3. The second kappa shape index (κ2) is 5.30. The summed E-state index contributed by atoms with van der Waals surface area (Å²) in [5, 5.41) is 3.64. The zero-order valence-electron chi connectivity index (χ0n) is 12.9. The summed E-state index contributed by atoms with van der Waals surface area (Å²) in [4.78, 5) is 14.8. The predicted octanol–water partition coefficient (Wildman–Crippen LogP) is 1.49. The third-order valence-corrected chi connectivity index (χ3v) is 5.39. The Hall–Kier alpha value is -0.610. The van der Waals surface area contributed by atoms with E-state index in [-0.39, 0.29) is 5.91 Å². The van der Waals surface area contributed by atoms with Crippen LogP contribution in [0.3, 0.4) is 0 Å². The van der Waals surface area contributed by atoms with E-state index in [0.717, 1.165) is 25.9 Å². The standard InChI is InChI=1S/C16H29N3O/c1-11(2)14-4-3-9-19(14)10-16(15(17)20,12-5-6-12)18-13-7-8-13/h11-14,18H,3-10H2,1-2H3,(H2,17,20). The fourth-order valence-electron chi connectivity index (χ4n) is 3.93. The molecule has 2 aliphatic carbocycles. The molecule has 4 heteroatoms. The zero-order valence-corrected chi connectivity index (χ0v) is 12.9. The second-order valence-electron chi connectivity index (χ2n) is 7.45. The van der Waals surface area contributed by atoms with Gasteiger partial charge in [-0.3, -0.25) is 15.0 Å². The fourth-order valence-corrected chi connectivity index (χ4v) is 3.93. The molecule has 0 spiro atoms. The Balaban J connectivity index is 1.76. The molecule has 2 atom stereocenters. The Labute approximate surface area is 122 Å². The maximum atomic E-state index is 12.3. The van der Waals surface area contributed by atoms with Crippen LogP contribution in [-0.2, 0) is 4.79 Å². The summed E-state index contributed by atoms with van der Waals surface area (Å²) in [5.41, 5.74) is 5.40. The van der Waals surface area contributed by atoms with Crippen LogP contribution in [0.1, 0.15) is 52.4 Å². The lowest BCUT2D eigenvalue weighted by Crippen LogP contribution is -2.64. The lowest BCUT2D eigenvalue weighted by Gasteiger charge is -2.39. The summed E-state index contributed by atoms with van der Waals surface area (Å²) < 4.78 is 0. The van der Waals surface area contributed by atoms with E-state index >= 15 is 0 Å². The Morgan fingerprint density at radius 3 is 2.50 bits per heavy atom. The first kappa shape index (κ1) is 14.3. The van der Waals surface area contributed by atoms with Gasteiger partial charge in [0, 0.05) is 18.6 Å². The minimum Gasteiger partial charge on any atom is -0.368 e. The van der Waals surface area contributed by atoms with Gasteiger partial charge in [0.15, 0.2) is 0 Å². The highest BCUT2D eigenvalue weighted by molar-refractivity contribution is 5.86. The van der Waals surface area contributed by atoms with Crippen LogP contribution >= 0.6 is 0 Å². The number of nitrogens with zero attached hydrogens (tertiary/aromatic N) is 1. The first-order valence-corrected chi connectivity index (χ1v) is 8.34. The number of nitrogens with two attached hydrogens (primary N) is 1. The summed E-state index contributed by atoms with van der Waals surface area (Å²) >= 11 is 0. The average molecular weight is 279 g/mol. The Morgan fingerprint density at radius 1 is 1.30 bits per heavy atom. The summed E-state index contributed by atoms with van der Waals surface area (Å²) in [7, 11) is 0. The number of rotatable bonds is 7. The number of carbonyl (C=O) groups excluding carboxylic acids is 1. The third-order valence-electron chi connectivity index (χ3n) is 5.39. The van der Waals surface area contributed by atoms with Crippen LogP contribution in [0.4, 0.5) is 0 Å². The van der Waals surface area contributed by atoms with Crippen LogP contribution in [0, 0.1) is 11.8 Å².